The van der Waals surface area contributed by atoms with Crippen LogP contribution in [0, 0.1) is 5.82 Å². The molecule has 0 atom stereocenters. The van der Waals surface area contributed by atoms with Crippen molar-refractivity contribution in [2.45, 2.75) is 18.2 Å². The van der Waals surface area contributed by atoms with E-state index >= 15 is 0 Å². The highest BCUT2D eigenvalue weighted by atomic mass is 32.2. The molecular weight excluding hydrogens is 331 g/mol. The molecule has 6 nitrogen and oxygen atoms in total. The van der Waals surface area contributed by atoms with E-state index in [0.717, 1.165) is 35.6 Å². The number of carbonyl (C=O) groups excluding carboxylic acids is 1. The standard InChI is InChI=1S/C13H13FN2O4S2/c1-2-20-12(17)7-10-8-15-13(21-10)16-22(18,19)11-5-3-9(14)4-6-11/h3-6,8H,2,7H2,1H3,(H,15,16). The maximum absolute atomic E-state index is 12.8. The first-order chi connectivity index (χ1) is 10.4. The number of esters is 1. The van der Waals surface area contributed by atoms with Crippen LogP contribution in [0.4, 0.5) is 9.52 Å². The number of ether oxygens (including phenoxy) is 1. The highest BCUT2D eigenvalue weighted by Crippen LogP contribution is 2.22. The van der Waals surface area contributed by atoms with Crippen molar-refractivity contribution in [2.75, 3.05) is 11.3 Å². The van der Waals surface area contributed by atoms with Crippen LogP contribution in [0.25, 0.3) is 0 Å². The predicted octanol–water partition coefficient (Wildman–Crippen LogP) is 2.19. The summed E-state index contributed by atoms with van der Waals surface area (Å²) in [4.78, 5) is 15.8. The van der Waals surface area contributed by atoms with Crippen molar-refractivity contribution in [1.29, 1.82) is 0 Å². The lowest BCUT2D eigenvalue weighted by Crippen LogP contribution is -2.12. The molecule has 0 fully saturated rings. The molecule has 0 spiro atoms. The molecule has 0 radical (unpaired) electrons. The van der Waals surface area contributed by atoms with Crippen LogP contribution in [0.3, 0.4) is 0 Å². The van der Waals surface area contributed by atoms with Crippen molar-refractivity contribution >= 4 is 32.5 Å². The minimum absolute atomic E-state index is 0.0315. The van der Waals surface area contributed by atoms with Crippen molar-refractivity contribution in [3.05, 3.63) is 41.2 Å². The second kappa shape index (κ2) is 6.84. The van der Waals surface area contributed by atoms with Crippen LogP contribution in [0.1, 0.15) is 11.8 Å². The Hall–Kier alpha value is -2.00. The fraction of sp³-hybridized carbons (Fsp3) is 0.231. The second-order valence-corrected chi connectivity index (χ2v) is 6.97. The van der Waals surface area contributed by atoms with Gasteiger partial charge in [0.15, 0.2) is 5.13 Å². The van der Waals surface area contributed by atoms with Gasteiger partial charge < -0.3 is 4.74 Å². The number of anilines is 1. The van der Waals surface area contributed by atoms with E-state index in [-0.39, 0.29) is 23.1 Å². The van der Waals surface area contributed by atoms with E-state index in [9.17, 15) is 17.6 Å². The van der Waals surface area contributed by atoms with E-state index in [1.165, 1.54) is 6.20 Å². The minimum Gasteiger partial charge on any atom is -0.466 e. The first kappa shape index (κ1) is 16.4. The molecule has 0 bridgehead atoms. The normalized spacial score (nSPS) is 11.2. The number of nitrogens with one attached hydrogen (secondary N) is 1. The van der Waals surface area contributed by atoms with E-state index in [0.29, 0.717) is 4.88 Å². The summed E-state index contributed by atoms with van der Waals surface area (Å²) in [5, 5.41) is 0.128. The van der Waals surface area contributed by atoms with Crippen LogP contribution in [0.15, 0.2) is 35.4 Å². The van der Waals surface area contributed by atoms with Gasteiger partial charge in [-0.2, -0.15) is 0 Å². The third-order valence-electron chi connectivity index (χ3n) is 2.52. The van der Waals surface area contributed by atoms with Crippen LogP contribution in [-0.2, 0) is 26.0 Å². The molecule has 0 aliphatic rings. The van der Waals surface area contributed by atoms with Crippen molar-refractivity contribution in [3.8, 4) is 0 Å². The Labute approximate surface area is 131 Å². The van der Waals surface area contributed by atoms with Crippen LogP contribution in [0.2, 0.25) is 0 Å². The van der Waals surface area contributed by atoms with Crippen LogP contribution >= 0.6 is 11.3 Å². The summed E-state index contributed by atoms with van der Waals surface area (Å²) in [6.45, 7) is 1.98. The number of hydrogen-bond donors (Lipinski definition) is 1. The molecule has 2 aromatic rings. The Morgan fingerprint density at radius 3 is 2.68 bits per heavy atom. The van der Waals surface area contributed by atoms with Gasteiger partial charge in [-0.05, 0) is 31.2 Å². The average molecular weight is 344 g/mol. The molecule has 0 saturated carbocycles. The number of sulfonamides is 1. The Kier molecular flexibility index (Phi) is 5.09. The Bertz CT molecular complexity index is 757. The molecule has 1 N–H and O–H groups in total. The summed E-state index contributed by atoms with van der Waals surface area (Å²) in [5.74, 6) is -0.927. The van der Waals surface area contributed by atoms with Gasteiger partial charge in [-0.15, -0.1) is 11.3 Å². The summed E-state index contributed by atoms with van der Waals surface area (Å²) in [6, 6.07) is 4.43. The van der Waals surface area contributed by atoms with Gasteiger partial charge in [-0.3, -0.25) is 9.52 Å². The lowest BCUT2D eigenvalue weighted by molar-refractivity contribution is -0.142. The van der Waals surface area contributed by atoms with Crippen LogP contribution in [-0.4, -0.2) is 26.0 Å². The van der Waals surface area contributed by atoms with E-state index in [1.807, 2.05) is 0 Å². The second-order valence-electron chi connectivity index (χ2n) is 4.17. The predicted molar refractivity (Wildman–Crippen MR) is 79.7 cm³/mol. The zero-order valence-corrected chi connectivity index (χ0v) is 13.2. The largest absolute Gasteiger partial charge is 0.466 e. The van der Waals surface area contributed by atoms with Crippen molar-refractivity contribution in [2.24, 2.45) is 0 Å². The molecule has 2 rings (SSSR count). The molecule has 1 aromatic heterocycles. The van der Waals surface area contributed by atoms with E-state index in [1.54, 1.807) is 6.92 Å². The summed E-state index contributed by atoms with van der Waals surface area (Å²) in [6.07, 6.45) is 1.44. The Balaban J connectivity index is 2.09. The fourth-order valence-electron chi connectivity index (χ4n) is 1.58. The Morgan fingerprint density at radius 1 is 1.36 bits per heavy atom. The lowest BCUT2D eigenvalue weighted by Gasteiger charge is -2.04. The van der Waals surface area contributed by atoms with Gasteiger partial charge in [0.2, 0.25) is 0 Å². The monoisotopic (exact) mass is 344 g/mol. The topological polar surface area (TPSA) is 85.4 Å². The number of benzene rings is 1. The molecule has 1 aromatic carbocycles. The molecule has 9 heteroatoms. The zero-order chi connectivity index (χ0) is 16.2. The number of rotatable bonds is 6. The SMILES string of the molecule is CCOC(=O)Cc1cnc(NS(=O)(=O)c2ccc(F)cc2)s1. The molecule has 0 saturated heterocycles. The van der Waals surface area contributed by atoms with Crippen molar-refractivity contribution < 1.29 is 22.3 Å². The number of thiazole rings is 1. The third kappa shape index (κ3) is 4.25. The van der Waals surface area contributed by atoms with E-state index in [2.05, 4.69) is 9.71 Å². The third-order valence-corrected chi connectivity index (χ3v) is 4.92. The van der Waals surface area contributed by atoms with E-state index in [4.69, 9.17) is 4.74 Å². The smallest absolute Gasteiger partial charge is 0.311 e. The highest BCUT2D eigenvalue weighted by Gasteiger charge is 2.17. The quantitative estimate of drug-likeness (QED) is 0.812. The summed E-state index contributed by atoms with van der Waals surface area (Å²) < 4.78 is 44.1. The number of halogens is 1. The number of hydrogen-bond acceptors (Lipinski definition) is 6. The first-order valence-corrected chi connectivity index (χ1v) is 8.59. The van der Waals surface area contributed by atoms with Gasteiger partial charge in [0, 0.05) is 11.1 Å². The molecule has 0 aliphatic carbocycles. The summed E-state index contributed by atoms with van der Waals surface area (Å²) >= 11 is 1.04. The van der Waals surface area contributed by atoms with Gasteiger partial charge in [-0.25, -0.2) is 17.8 Å². The fourth-order valence-corrected chi connectivity index (χ4v) is 3.62. The first-order valence-electron chi connectivity index (χ1n) is 6.29. The number of aromatic nitrogens is 1. The molecule has 0 unspecified atom stereocenters. The van der Waals surface area contributed by atoms with Gasteiger partial charge in [0.05, 0.1) is 17.9 Å². The van der Waals surface area contributed by atoms with Gasteiger partial charge in [0.25, 0.3) is 10.0 Å². The molecule has 22 heavy (non-hydrogen) atoms. The number of carbonyl (C=O) groups is 1. The maximum atomic E-state index is 12.8. The molecule has 0 aliphatic heterocycles. The van der Waals surface area contributed by atoms with Crippen LogP contribution in [0.5, 0.6) is 0 Å². The van der Waals surface area contributed by atoms with Gasteiger partial charge in [0.1, 0.15) is 5.82 Å². The molecule has 0 amide bonds. The summed E-state index contributed by atoms with van der Waals surface area (Å²) in [5.41, 5.74) is 0. The van der Waals surface area contributed by atoms with Gasteiger partial charge in [-0.1, -0.05) is 0 Å². The van der Waals surface area contributed by atoms with Crippen LogP contribution < -0.4 is 4.72 Å². The van der Waals surface area contributed by atoms with Crippen molar-refractivity contribution in [1.82, 2.24) is 4.98 Å². The Morgan fingerprint density at radius 2 is 2.05 bits per heavy atom. The number of nitrogens with zero attached hydrogens (tertiary/aromatic N) is 1. The zero-order valence-electron chi connectivity index (χ0n) is 11.6. The van der Waals surface area contributed by atoms with Gasteiger partial charge >= 0.3 is 5.97 Å². The van der Waals surface area contributed by atoms with E-state index < -0.39 is 21.8 Å². The lowest BCUT2D eigenvalue weighted by atomic mass is 10.4. The van der Waals surface area contributed by atoms with Crippen molar-refractivity contribution in [3.63, 3.8) is 0 Å². The molecule has 1 heterocycles. The average Bonchev–Trinajstić information content (AvgIpc) is 2.85. The maximum Gasteiger partial charge on any atom is 0.311 e. The highest BCUT2D eigenvalue weighted by molar-refractivity contribution is 7.93. The molecular formula is C13H13FN2O4S2. The minimum atomic E-state index is -3.84. The molecule has 118 valence electrons. The summed E-state index contributed by atoms with van der Waals surface area (Å²) in [7, 11) is -3.84.